The molecule has 0 aliphatic heterocycles. The quantitative estimate of drug-likeness (QED) is 0.837. The highest BCUT2D eigenvalue weighted by Gasteiger charge is 1.98. The first-order chi connectivity index (χ1) is 8.13. The number of hydrogen-bond acceptors (Lipinski definition) is 1. The number of hydrogen-bond donors (Lipinski definition) is 1. The van der Waals surface area contributed by atoms with Crippen molar-refractivity contribution in [3.63, 3.8) is 0 Å². The third-order valence-corrected chi connectivity index (χ3v) is 2.66. The van der Waals surface area contributed by atoms with Crippen LogP contribution in [0.2, 0.25) is 0 Å². The molecule has 0 saturated heterocycles. The molecular weight excluding hydrogens is 213 g/mol. The van der Waals surface area contributed by atoms with E-state index in [0.29, 0.717) is 6.54 Å². The van der Waals surface area contributed by atoms with Crippen molar-refractivity contribution >= 4 is 5.69 Å². The summed E-state index contributed by atoms with van der Waals surface area (Å²) in [6.07, 6.45) is 0. The molecule has 17 heavy (non-hydrogen) atoms. The van der Waals surface area contributed by atoms with Gasteiger partial charge in [0, 0.05) is 12.2 Å². The Balaban J connectivity index is 2.04. The van der Waals surface area contributed by atoms with Crippen LogP contribution in [0.15, 0.2) is 42.5 Å². The second kappa shape index (κ2) is 5.00. The van der Waals surface area contributed by atoms with E-state index in [4.69, 9.17) is 0 Å². The first-order valence-electron chi connectivity index (χ1n) is 5.70. The van der Waals surface area contributed by atoms with Crippen molar-refractivity contribution in [2.75, 3.05) is 5.32 Å². The molecule has 0 amide bonds. The third-order valence-electron chi connectivity index (χ3n) is 2.66. The van der Waals surface area contributed by atoms with Gasteiger partial charge >= 0.3 is 0 Å². The summed E-state index contributed by atoms with van der Waals surface area (Å²) < 4.78 is 13.2. The fourth-order valence-corrected chi connectivity index (χ4v) is 1.75. The average molecular weight is 229 g/mol. The summed E-state index contributed by atoms with van der Waals surface area (Å²) in [6, 6.07) is 13.3. The van der Waals surface area contributed by atoms with Gasteiger partial charge < -0.3 is 5.32 Å². The molecule has 2 aromatic carbocycles. The Morgan fingerprint density at radius 2 is 1.65 bits per heavy atom. The molecule has 0 aliphatic rings. The number of nitrogens with one attached hydrogen (secondary N) is 1. The van der Waals surface area contributed by atoms with Crippen LogP contribution in [-0.2, 0) is 6.54 Å². The van der Waals surface area contributed by atoms with Gasteiger partial charge in [0.1, 0.15) is 5.82 Å². The summed E-state index contributed by atoms with van der Waals surface area (Å²) in [4.78, 5) is 0. The van der Waals surface area contributed by atoms with E-state index >= 15 is 0 Å². The number of aryl methyl sites for hydroxylation is 2. The Hall–Kier alpha value is -1.83. The van der Waals surface area contributed by atoms with Crippen molar-refractivity contribution in [1.82, 2.24) is 0 Å². The Morgan fingerprint density at radius 3 is 2.29 bits per heavy atom. The highest BCUT2D eigenvalue weighted by molar-refractivity contribution is 5.46. The largest absolute Gasteiger partial charge is 0.381 e. The molecule has 2 aromatic rings. The smallest absolute Gasteiger partial charge is 0.125 e. The first kappa shape index (κ1) is 11.6. The molecule has 1 N–H and O–H groups in total. The highest BCUT2D eigenvalue weighted by atomic mass is 19.1. The highest BCUT2D eigenvalue weighted by Crippen LogP contribution is 2.14. The summed E-state index contributed by atoms with van der Waals surface area (Å²) >= 11 is 0. The Kier molecular flexibility index (Phi) is 3.43. The fourth-order valence-electron chi connectivity index (χ4n) is 1.75. The van der Waals surface area contributed by atoms with Gasteiger partial charge in [-0.25, -0.2) is 4.39 Å². The van der Waals surface area contributed by atoms with E-state index in [0.717, 1.165) is 11.3 Å². The topological polar surface area (TPSA) is 12.0 Å². The van der Waals surface area contributed by atoms with Crippen LogP contribution in [0.5, 0.6) is 0 Å². The number of anilines is 1. The molecule has 0 aromatic heterocycles. The van der Waals surface area contributed by atoms with E-state index in [2.05, 4.69) is 36.5 Å². The van der Waals surface area contributed by atoms with Crippen LogP contribution in [0.25, 0.3) is 0 Å². The van der Waals surface area contributed by atoms with Crippen molar-refractivity contribution < 1.29 is 4.39 Å². The Morgan fingerprint density at radius 1 is 0.941 bits per heavy atom. The number of halogens is 1. The maximum absolute atomic E-state index is 13.2. The van der Waals surface area contributed by atoms with Crippen LogP contribution in [0.4, 0.5) is 10.1 Å². The summed E-state index contributed by atoms with van der Waals surface area (Å²) in [7, 11) is 0. The molecule has 0 saturated carbocycles. The van der Waals surface area contributed by atoms with Crippen LogP contribution >= 0.6 is 0 Å². The van der Waals surface area contributed by atoms with Crippen LogP contribution < -0.4 is 5.32 Å². The number of rotatable bonds is 3. The van der Waals surface area contributed by atoms with Gasteiger partial charge in [0.2, 0.25) is 0 Å². The molecule has 0 unspecified atom stereocenters. The predicted octanol–water partition coefficient (Wildman–Crippen LogP) is 4.05. The van der Waals surface area contributed by atoms with Crippen LogP contribution in [0, 0.1) is 19.7 Å². The minimum absolute atomic E-state index is 0.198. The molecule has 0 bridgehead atoms. The molecule has 0 atom stereocenters. The first-order valence-corrected chi connectivity index (χ1v) is 5.70. The van der Waals surface area contributed by atoms with Crippen molar-refractivity contribution in [3.05, 3.63) is 65.0 Å². The summed E-state index contributed by atoms with van der Waals surface area (Å²) in [5.41, 5.74) is 4.19. The van der Waals surface area contributed by atoms with Gasteiger partial charge in [-0.2, -0.15) is 0 Å². The van der Waals surface area contributed by atoms with Gasteiger partial charge in [-0.05, 0) is 43.2 Å². The standard InChI is InChI=1S/C15H16FN/c1-11-3-5-13(6-4-11)10-17-15-8-12(2)7-14(16)9-15/h3-9,17H,10H2,1-2H3. The molecule has 0 spiro atoms. The van der Waals surface area contributed by atoms with E-state index in [-0.39, 0.29) is 5.82 Å². The van der Waals surface area contributed by atoms with Crippen LogP contribution in [-0.4, -0.2) is 0 Å². The molecule has 1 nitrogen and oxygen atoms in total. The molecule has 0 radical (unpaired) electrons. The average Bonchev–Trinajstić information content (AvgIpc) is 2.27. The van der Waals surface area contributed by atoms with E-state index < -0.39 is 0 Å². The van der Waals surface area contributed by atoms with Crippen molar-refractivity contribution in [3.8, 4) is 0 Å². The zero-order chi connectivity index (χ0) is 12.3. The molecule has 88 valence electrons. The van der Waals surface area contributed by atoms with Crippen molar-refractivity contribution in [2.24, 2.45) is 0 Å². The normalized spacial score (nSPS) is 10.3. The Labute approximate surface area is 101 Å². The predicted molar refractivity (Wildman–Crippen MR) is 69.6 cm³/mol. The van der Waals surface area contributed by atoms with Crippen LogP contribution in [0.1, 0.15) is 16.7 Å². The lowest BCUT2D eigenvalue weighted by Crippen LogP contribution is -2.00. The van der Waals surface area contributed by atoms with Gasteiger partial charge in [0.25, 0.3) is 0 Å². The van der Waals surface area contributed by atoms with Crippen molar-refractivity contribution in [1.29, 1.82) is 0 Å². The minimum atomic E-state index is -0.198. The van der Waals surface area contributed by atoms with E-state index in [1.165, 1.54) is 23.3 Å². The van der Waals surface area contributed by atoms with Gasteiger partial charge in [-0.1, -0.05) is 29.8 Å². The van der Waals surface area contributed by atoms with Gasteiger partial charge in [-0.3, -0.25) is 0 Å². The monoisotopic (exact) mass is 229 g/mol. The summed E-state index contributed by atoms with van der Waals surface area (Å²) in [5.74, 6) is -0.198. The maximum Gasteiger partial charge on any atom is 0.125 e. The lowest BCUT2D eigenvalue weighted by molar-refractivity contribution is 0.627. The van der Waals surface area contributed by atoms with E-state index in [9.17, 15) is 4.39 Å². The zero-order valence-electron chi connectivity index (χ0n) is 10.1. The molecule has 0 fully saturated rings. The lowest BCUT2D eigenvalue weighted by Gasteiger charge is -2.08. The number of benzene rings is 2. The van der Waals surface area contributed by atoms with Crippen molar-refractivity contribution in [2.45, 2.75) is 20.4 Å². The Bertz CT molecular complexity index is 483. The van der Waals surface area contributed by atoms with Gasteiger partial charge in [-0.15, -0.1) is 0 Å². The van der Waals surface area contributed by atoms with E-state index in [1.54, 1.807) is 0 Å². The van der Waals surface area contributed by atoms with Crippen LogP contribution in [0.3, 0.4) is 0 Å². The SMILES string of the molecule is Cc1ccc(CNc2cc(C)cc(F)c2)cc1. The summed E-state index contributed by atoms with van der Waals surface area (Å²) in [6.45, 7) is 4.66. The molecule has 2 heteroatoms. The summed E-state index contributed by atoms with van der Waals surface area (Å²) in [5, 5.41) is 3.22. The molecule has 0 aliphatic carbocycles. The molecule has 2 rings (SSSR count). The second-order valence-electron chi connectivity index (χ2n) is 4.36. The molecular formula is C15H16FN. The van der Waals surface area contributed by atoms with Gasteiger partial charge in [0.05, 0.1) is 0 Å². The fraction of sp³-hybridized carbons (Fsp3) is 0.200. The third kappa shape index (κ3) is 3.31. The lowest BCUT2D eigenvalue weighted by atomic mass is 10.1. The van der Waals surface area contributed by atoms with Gasteiger partial charge in [0.15, 0.2) is 0 Å². The zero-order valence-corrected chi connectivity index (χ0v) is 10.1. The minimum Gasteiger partial charge on any atom is -0.381 e. The molecule has 0 heterocycles. The van der Waals surface area contributed by atoms with E-state index in [1.807, 2.05) is 13.0 Å². The second-order valence-corrected chi connectivity index (χ2v) is 4.36. The maximum atomic E-state index is 13.2.